The van der Waals surface area contributed by atoms with E-state index in [2.05, 4.69) is 45.9 Å². The minimum atomic E-state index is -0.308. The highest BCUT2D eigenvalue weighted by Crippen LogP contribution is 2.28. The Morgan fingerprint density at radius 3 is 2.33 bits per heavy atom. The van der Waals surface area contributed by atoms with Gasteiger partial charge in [0.1, 0.15) is 5.75 Å². The van der Waals surface area contributed by atoms with Crippen LogP contribution in [0.25, 0.3) is 6.08 Å². The van der Waals surface area contributed by atoms with Gasteiger partial charge in [0.15, 0.2) is 0 Å². The normalized spacial score (nSPS) is 12.9. The van der Waals surface area contributed by atoms with Crippen LogP contribution in [0.15, 0.2) is 47.6 Å². The van der Waals surface area contributed by atoms with E-state index in [-0.39, 0.29) is 5.97 Å². The van der Waals surface area contributed by atoms with Gasteiger partial charge in [-0.25, -0.2) is 4.79 Å². The summed E-state index contributed by atoms with van der Waals surface area (Å²) in [6.07, 6.45) is 11.6. The summed E-state index contributed by atoms with van der Waals surface area (Å²) in [5, 5.41) is 0. The van der Waals surface area contributed by atoms with E-state index in [4.69, 9.17) is 9.47 Å². The van der Waals surface area contributed by atoms with Crippen molar-refractivity contribution in [3.8, 4) is 5.75 Å². The molecule has 0 aromatic heterocycles. The number of carbonyl (C=O) groups excluding carboxylic acids is 1. The second-order valence-electron chi connectivity index (χ2n) is 6.53. The van der Waals surface area contributed by atoms with E-state index in [1.165, 1.54) is 28.3 Å². The van der Waals surface area contributed by atoms with Crippen molar-refractivity contribution in [2.45, 2.75) is 48.5 Å². The van der Waals surface area contributed by atoms with E-state index in [0.717, 1.165) is 16.9 Å². The Kier molecular flexibility index (Phi) is 9.35. The first-order valence-corrected chi connectivity index (χ1v) is 9.41. The molecule has 0 bridgehead atoms. The van der Waals surface area contributed by atoms with Gasteiger partial charge in [-0.3, -0.25) is 0 Å². The SMILES string of the molecule is CCOC(=O)C=C(C)C=CC=C(C)C=Cc1c(C)cc(OCC)c(C)c1C. The van der Waals surface area contributed by atoms with Crippen molar-refractivity contribution in [2.75, 3.05) is 13.2 Å². The van der Waals surface area contributed by atoms with E-state index in [1.807, 2.05) is 32.1 Å². The van der Waals surface area contributed by atoms with Gasteiger partial charge in [-0.1, -0.05) is 36.0 Å². The summed E-state index contributed by atoms with van der Waals surface area (Å²) in [6.45, 7) is 15.1. The number of ether oxygens (including phenoxy) is 2. The average molecular weight is 369 g/mol. The smallest absolute Gasteiger partial charge is 0.330 e. The third-order valence-corrected chi connectivity index (χ3v) is 4.27. The Bertz CT molecular complexity index is 777. The molecule has 0 radical (unpaired) electrons. The van der Waals surface area contributed by atoms with Crippen LogP contribution >= 0.6 is 0 Å². The van der Waals surface area contributed by atoms with Crippen molar-refractivity contribution in [2.24, 2.45) is 0 Å². The van der Waals surface area contributed by atoms with Crippen LogP contribution in [0.1, 0.15) is 49.9 Å². The Morgan fingerprint density at radius 1 is 1.00 bits per heavy atom. The fourth-order valence-electron chi connectivity index (χ4n) is 2.67. The fourth-order valence-corrected chi connectivity index (χ4v) is 2.67. The fraction of sp³-hybridized carbons (Fsp3) is 0.375. The first-order chi connectivity index (χ1) is 12.8. The minimum Gasteiger partial charge on any atom is -0.494 e. The molecule has 0 heterocycles. The molecule has 0 amide bonds. The molecular formula is C24H32O3. The molecular weight excluding hydrogens is 336 g/mol. The van der Waals surface area contributed by atoms with E-state index in [9.17, 15) is 4.79 Å². The summed E-state index contributed by atoms with van der Waals surface area (Å²) >= 11 is 0. The Balaban J connectivity index is 2.90. The highest BCUT2D eigenvalue weighted by Gasteiger charge is 2.08. The predicted octanol–water partition coefficient (Wildman–Crippen LogP) is 6.04. The Labute approximate surface area is 164 Å². The number of carbonyl (C=O) groups is 1. The zero-order valence-electron chi connectivity index (χ0n) is 17.7. The number of rotatable bonds is 8. The molecule has 0 unspecified atom stereocenters. The summed E-state index contributed by atoms with van der Waals surface area (Å²) in [6, 6.07) is 2.11. The molecule has 0 saturated heterocycles. The van der Waals surface area contributed by atoms with E-state index in [0.29, 0.717) is 13.2 Å². The van der Waals surface area contributed by atoms with Crippen LogP contribution in [0.3, 0.4) is 0 Å². The van der Waals surface area contributed by atoms with Gasteiger partial charge in [-0.05, 0) is 82.4 Å². The number of hydrogen-bond acceptors (Lipinski definition) is 3. The third-order valence-electron chi connectivity index (χ3n) is 4.27. The van der Waals surface area contributed by atoms with Crippen molar-refractivity contribution in [3.05, 3.63) is 69.8 Å². The van der Waals surface area contributed by atoms with Gasteiger partial charge < -0.3 is 9.47 Å². The molecule has 1 aromatic rings. The van der Waals surface area contributed by atoms with Crippen LogP contribution in [-0.4, -0.2) is 19.2 Å². The van der Waals surface area contributed by atoms with Crippen LogP contribution in [0.4, 0.5) is 0 Å². The highest BCUT2D eigenvalue weighted by molar-refractivity contribution is 5.83. The van der Waals surface area contributed by atoms with Crippen molar-refractivity contribution in [1.29, 1.82) is 0 Å². The molecule has 3 nitrogen and oxygen atoms in total. The molecule has 0 spiro atoms. The topological polar surface area (TPSA) is 35.5 Å². The Hall–Kier alpha value is -2.55. The van der Waals surface area contributed by atoms with Gasteiger partial charge >= 0.3 is 5.97 Å². The largest absolute Gasteiger partial charge is 0.494 e. The maximum Gasteiger partial charge on any atom is 0.330 e. The molecule has 0 aliphatic carbocycles. The van der Waals surface area contributed by atoms with E-state index >= 15 is 0 Å². The number of allylic oxidation sites excluding steroid dienone is 6. The van der Waals surface area contributed by atoms with Gasteiger partial charge in [0, 0.05) is 6.08 Å². The van der Waals surface area contributed by atoms with Crippen molar-refractivity contribution in [1.82, 2.24) is 0 Å². The second-order valence-corrected chi connectivity index (χ2v) is 6.53. The molecule has 0 aliphatic rings. The lowest BCUT2D eigenvalue weighted by Crippen LogP contribution is -1.99. The zero-order chi connectivity index (χ0) is 20.4. The van der Waals surface area contributed by atoms with Crippen LogP contribution in [0.5, 0.6) is 5.75 Å². The number of hydrogen-bond donors (Lipinski definition) is 0. The maximum atomic E-state index is 11.4. The van der Waals surface area contributed by atoms with E-state index in [1.54, 1.807) is 6.92 Å². The summed E-state index contributed by atoms with van der Waals surface area (Å²) in [5.41, 5.74) is 6.84. The third kappa shape index (κ3) is 7.30. The van der Waals surface area contributed by atoms with Crippen LogP contribution in [0.2, 0.25) is 0 Å². The molecule has 146 valence electrons. The standard InChI is InChI=1S/C24H32O3/c1-8-26-23-16-19(5)22(20(6)21(23)7)14-13-17(3)11-10-12-18(4)15-24(25)27-9-2/h10-16H,8-9H2,1-7H3. The lowest BCUT2D eigenvalue weighted by atomic mass is 9.96. The molecule has 0 saturated carbocycles. The first-order valence-electron chi connectivity index (χ1n) is 9.41. The second kappa shape index (κ2) is 11.2. The predicted molar refractivity (Wildman–Crippen MR) is 114 cm³/mol. The summed E-state index contributed by atoms with van der Waals surface area (Å²) in [4.78, 5) is 11.4. The van der Waals surface area contributed by atoms with Crippen molar-refractivity contribution >= 4 is 12.0 Å². The maximum absolute atomic E-state index is 11.4. The molecule has 0 fully saturated rings. The lowest BCUT2D eigenvalue weighted by molar-refractivity contribution is -0.137. The molecule has 1 rings (SSSR count). The monoisotopic (exact) mass is 368 g/mol. The first kappa shape index (κ1) is 22.5. The summed E-state index contributed by atoms with van der Waals surface area (Å²) in [5.74, 6) is 0.653. The summed E-state index contributed by atoms with van der Waals surface area (Å²) in [7, 11) is 0. The Morgan fingerprint density at radius 2 is 1.70 bits per heavy atom. The molecule has 0 aliphatic heterocycles. The molecule has 3 heteroatoms. The van der Waals surface area contributed by atoms with Gasteiger partial charge in [-0.2, -0.15) is 0 Å². The van der Waals surface area contributed by atoms with Gasteiger partial charge in [0.25, 0.3) is 0 Å². The lowest BCUT2D eigenvalue weighted by Gasteiger charge is -2.14. The molecule has 0 atom stereocenters. The highest BCUT2D eigenvalue weighted by atomic mass is 16.5. The van der Waals surface area contributed by atoms with Crippen LogP contribution < -0.4 is 4.74 Å². The number of esters is 1. The van der Waals surface area contributed by atoms with Crippen LogP contribution in [0, 0.1) is 20.8 Å². The number of aryl methyl sites for hydroxylation is 1. The van der Waals surface area contributed by atoms with Gasteiger partial charge in [0.2, 0.25) is 0 Å². The van der Waals surface area contributed by atoms with Gasteiger partial charge in [-0.15, -0.1) is 0 Å². The number of benzene rings is 1. The minimum absolute atomic E-state index is 0.308. The van der Waals surface area contributed by atoms with Crippen LogP contribution in [-0.2, 0) is 9.53 Å². The van der Waals surface area contributed by atoms with Gasteiger partial charge in [0.05, 0.1) is 13.2 Å². The zero-order valence-corrected chi connectivity index (χ0v) is 17.7. The van der Waals surface area contributed by atoms with Crippen molar-refractivity contribution < 1.29 is 14.3 Å². The average Bonchev–Trinajstić information content (AvgIpc) is 2.59. The molecule has 0 N–H and O–H groups in total. The molecule has 1 aromatic carbocycles. The molecule has 27 heavy (non-hydrogen) atoms. The summed E-state index contributed by atoms with van der Waals surface area (Å²) < 4.78 is 10.6. The van der Waals surface area contributed by atoms with Crippen molar-refractivity contribution in [3.63, 3.8) is 0 Å². The quantitative estimate of drug-likeness (QED) is 0.319. The van der Waals surface area contributed by atoms with E-state index < -0.39 is 0 Å².